The van der Waals surface area contributed by atoms with Crippen LogP contribution in [0.15, 0.2) is 48.9 Å². The highest BCUT2D eigenvalue weighted by molar-refractivity contribution is 6.09. The number of aromatic amines is 1. The van der Waals surface area contributed by atoms with Crippen LogP contribution in [0, 0.1) is 23.5 Å². The Morgan fingerprint density at radius 2 is 1.92 bits per heavy atom. The molecule has 0 bridgehead atoms. The second-order valence-electron chi connectivity index (χ2n) is 10.5. The predicted octanol–water partition coefficient (Wildman–Crippen LogP) is 5.31. The molecule has 2 aliphatic rings. The van der Waals surface area contributed by atoms with Gasteiger partial charge in [-0.05, 0) is 55.9 Å². The number of hydrogen-bond donors (Lipinski definition) is 1. The van der Waals surface area contributed by atoms with Gasteiger partial charge in [0.2, 0.25) is 5.91 Å². The maximum absolute atomic E-state index is 13.9. The Kier molecular flexibility index (Phi) is 6.82. The fourth-order valence-corrected chi connectivity index (χ4v) is 5.88. The van der Waals surface area contributed by atoms with Gasteiger partial charge in [-0.2, -0.15) is 0 Å². The lowest BCUT2D eigenvalue weighted by Crippen LogP contribution is -2.43. The van der Waals surface area contributed by atoms with Crippen molar-refractivity contribution < 1.29 is 18.3 Å². The summed E-state index contributed by atoms with van der Waals surface area (Å²) >= 11 is 0. The molecule has 9 heteroatoms. The molecule has 1 N–H and O–H groups in total. The summed E-state index contributed by atoms with van der Waals surface area (Å²) in [6.45, 7) is 3.47. The molecule has 1 aromatic carbocycles. The number of nitrogens with one attached hydrogen (secondary N) is 1. The van der Waals surface area contributed by atoms with Gasteiger partial charge in [0.1, 0.15) is 11.5 Å². The SMILES string of the molecule is O=C(CC1CCN(c2ccnc3cnc4[nH]ccc4c23)CC1)N1CCCC(COc2ccc(F)cc2F)C1. The largest absolute Gasteiger partial charge is 0.490 e. The van der Waals surface area contributed by atoms with E-state index in [1.165, 1.54) is 17.8 Å². The Morgan fingerprint density at radius 1 is 1.05 bits per heavy atom. The number of carbonyl (C=O) groups excluding carboxylic acids is 1. The van der Waals surface area contributed by atoms with Gasteiger partial charge in [-0.3, -0.25) is 9.78 Å². The summed E-state index contributed by atoms with van der Waals surface area (Å²) in [6, 6.07) is 7.46. The summed E-state index contributed by atoms with van der Waals surface area (Å²) < 4.78 is 32.7. The monoisotopic (exact) mass is 519 g/mol. The molecule has 2 aliphatic heterocycles. The lowest BCUT2D eigenvalue weighted by molar-refractivity contribution is -0.134. The predicted molar refractivity (Wildman–Crippen MR) is 142 cm³/mol. The minimum Gasteiger partial charge on any atom is -0.490 e. The van der Waals surface area contributed by atoms with Crippen LogP contribution in [-0.4, -0.2) is 58.5 Å². The first kappa shape index (κ1) is 24.6. The maximum atomic E-state index is 13.9. The smallest absolute Gasteiger partial charge is 0.222 e. The van der Waals surface area contributed by atoms with Crippen LogP contribution in [0.1, 0.15) is 32.1 Å². The van der Waals surface area contributed by atoms with Crippen LogP contribution in [0.25, 0.3) is 21.9 Å². The van der Waals surface area contributed by atoms with E-state index in [1.54, 1.807) is 0 Å². The lowest BCUT2D eigenvalue weighted by Gasteiger charge is -2.36. The van der Waals surface area contributed by atoms with Gasteiger partial charge in [-0.25, -0.2) is 13.8 Å². The van der Waals surface area contributed by atoms with E-state index in [9.17, 15) is 13.6 Å². The number of carbonyl (C=O) groups is 1. The molecular formula is C29H31F2N5O2. The van der Waals surface area contributed by atoms with Crippen molar-refractivity contribution in [2.75, 3.05) is 37.7 Å². The van der Waals surface area contributed by atoms with Crippen LogP contribution in [-0.2, 0) is 4.79 Å². The maximum Gasteiger partial charge on any atom is 0.222 e. The van der Waals surface area contributed by atoms with Crippen molar-refractivity contribution in [3.8, 4) is 5.75 Å². The van der Waals surface area contributed by atoms with E-state index < -0.39 is 11.6 Å². The van der Waals surface area contributed by atoms with Gasteiger partial charge >= 0.3 is 0 Å². The van der Waals surface area contributed by atoms with E-state index in [1.807, 2.05) is 29.6 Å². The summed E-state index contributed by atoms with van der Waals surface area (Å²) in [5.41, 5.74) is 2.92. The molecule has 3 aromatic heterocycles. The molecule has 0 spiro atoms. The third-order valence-electron chi connectivity index (χ3n) is 7.93. The van der Waals surface area contributed by atoms with Crippen molar-refractivity contribution in [3.63, 3.8) is 0 Å². The standard InChI is InChI=1S/C29H31F2N5O2/c30-21-3-4-26(23(31)15-21)38-18-20-2-1-11-36(17-20)27(37)14-19-7-12-35(13-8-19)25-6-10-32-24-16-34-29-22(28(24)25)5-9-33-29/h3-6,9-10,15-16,19-20H,1-2,7-8,11-14,17-18H2,(H,33,34). The zero-order valence-corrected chi connectivity index (χ0v) is 21.2. The number of aromatic nitrogens is 3. The molecule has 0 aliphatic carbocycles. The highest BCUT2D eigenvalue weighted by Crippen LogP contribution is 2.34. The molecule has 0 saturated carbocycles. The van der Waals surface area contributed by atoms with E-state index in [0.717, 1.165) is 73.3 Å². The van der Waals surface area contributed by atoms with E-state index in [4.69, 9.17) is 4.74 Å². The minimum absolute atomic E-state index is 0.0529. The molecule has 1 unspecified atom stereocenters. The summed E-state index contributed by atoms with van der Waals surface area (Å²) in [7, 11) is 0. The quantitative estimate of drug-likeness (QED) is 0.374. The van der Waals surface area contributed by atoms with E-state index >= 15 is 0 Å². The van der Waals surface area contributed by atoms with Gasteiger partial charge in [-0.1, -0.05) is 0 Å². The molecule has 2 fully saturated rings. The number of rotatable bonds is 6. The molecule has 5 heterocycles. The Hall–Kier alpha value is -3.75. The number of pyridine rings is 2. The number of nitrogens with zero attached hydrogens (tertiary/aromatic N) is 4. The number of anilines is 1. The number of fused-ring (bicyclic) bond motifs is 3. The normalized spacial score (nSPS) is 18.8. The zero-order chi connectivity index (χ0) is 26.1. The fourth-order valence-electron chi connectivity index (χ4n) is 5.88. The van der Waals surface area contributed by atoms with Crippen molar-refractivity contribution in [2.24, 2.45) is 11.8 Å². The summed E-state index contributed by atoms with van der Waals surface area (Å²) in [5, 5.41) is 2.20. The highest BCUT2D eigenvalue weighted by Gasteiger charge is 2.28. The number of ether oxygens (including phenoxy) is 1. The number of halogens is 2. The zero-order valence-electron chi connectivity index (χ0n) is 21.2. The number of piperidine rings is 2. The molecule has 4 aromatic rings. The second kappa shape index (κ2) is 10.6. The van der Waals surface area contributed by atoms with Crippen molar-refractivity contribution >= 4 is 33.5 Å². The Morgan fingerprint density at radius 3 is 2.76 bits per heavy atom. The van der Waals surface area contributed by atoms with Gasteiger partial charge in [-0.15, -0.1) is 0 Å². The van der Waals surface area contributed by atoms with E-state index in [2.05, 4.69) is 25.9 Å². The van der Waals surface area contributed by atoms with Crippen LogP contribution in [0.4, 0.5) is 14.5 Å². The summed E-state index contributed by atoms with van der Waals surface area (Å²) in [6.07, 6.45) is 9.87. The molecule has 6 rings (SSSR count). The minimum atomic E-state index is -0.700. The fraction of sp³-hybridized carbons (Fsp3) is 0.414. The number of H-pyrrole nitrogens is 1. The highest BCUT2D eigenvalue weighted by atomic mass is 19.1. The Bertz CT molecular complexity index is 1450. The van der Waals surface area contributed by atoms with Gasteiger partial charge < -0.3 is 19.5 Å². The van der Waals surface area contributed by atoms with Gasteiger partial charge in [0, 0.05) is 73.4 Å². The third kappa shape index (κ3) is 5.01. The lowest BCUT2D eigenvalue weighted by atomic mass is 9.91. The molecule has 1 amide bonds. The van der Waals surface area contributed by atoms with Crippen molar-refractivity contribution in [1.29, 1.82) is 0 Å². The first-order valence-corrected chi connectivity index (χ1v) is 13.4. The summed E-state index contributed by atoms with van der Waals surface area (Å²) in [4.78, 5) is 29.7. The van der Waals surface area contributed by atoms with Gasteiger partial charge in [0.25, 0.3) is 0 Å². The number of likely N-dealkylation sites (tertiary alicyclic amines) is 1. The average molecular weight is 520 g/mol. The molecule has 0 radical (unpaired) electrons. The third-order valence-corrected chi connectivity index (χ3v) is 7.93. The van der Waals surface area contributed by atoms with Crippen LogP contribution in [0.3, 0.4) is 0 Å². The molecule has 198 valence electrons. The number of hydrogen-bond acceptors (Lipinski definition) is 5. The van der Waals surface area contributed by atoms with Crippen LogP contribution < -0.4 is 9.64 Å². The number of benzene rings is 1. The molecule has 38 heavy (non-hydrogen) atoms. The van der Waals surface area contributed by atoms with Crippen molar-refractivity contribution in [1.82, 2.24) is 19.9 Å². The second-order valence-corrected chi connectivity index (χ2v) is 10.5. The first-order chi connectivity index (χ1) is 18.5. The summed E-state index contributed by atoms with van der Waals surface area (Å²) in [5.74, 6) is -0.592. The first-order valence-electron chi connectivity index (χ1n) is 13.4. The van der Waals surface area contributed by atoms with Crippen LogP contribution in [0.2, 0.25) is 0 Å². The van der Waals surface area contributed by atoms with E-state index in [0.29, 0.717) is 25.5 Å². The van der Waals surface area contributed by atoms with Crippen LogP contribution >= 0.6 is 0 Å². The molecule has 1 atom stereocenters. The molecular weight excluding hydrogens is 488 g/mol. The Balaban J connectivity index is 1.03. The number of amides is 1. The molecule has 2 saturated heterocycles. The van der Waals surface area contributed by atoms with Crippen molar-refractivity contribution in [2.45, 2.75) is 32.1 Å². The van der Waals surface area contributed by atoms with Gasteiger partial charge in [0.15, 0.2) is 11.6 Å². The topological polar surface area (TPSA) is 74.4 Å². The average Bonchev–Trinajstić information content (AvgIpc) is 3.42. The van der Waals surface area contributed by atoms with Crippen molar-refractivity contribution in [3.05, 3.63) is 60.6 Å². The Labute approximate surface area is 219 Å². The molecule has 7 nitrogen and oxygen atoms in total. The van der Waals surface area contributed by atoms with Crippen LogP contribution in [0.5, 0.6) is 5.75 Å². The van der Waals surface area contributed by atoms with E-state index in [-0.39, 0.29) is 17.6 Å². The van der Waals surface area contributed by atoms with Gasteiger partial charge in [0.05, 0.1) is 18.3 Å².